The fourth-order valence-electron chi connectivity index (χ4n) is 1.73. The highest BCUT2D eigenvalue weighted by Gasteiger charge is 2.09. The van der Waals surface area contributed by atoms with Crippen molar-refractivity contribution in [3.05, 3.63) is 22.8 Å². The zero-order valence-corrected chi connectivity index (χ0v) is 12.1. The third kappa shape index (κ3) is 6.12. The van der Waals surface area contributed by atoms with Crippen LogP contribution in [0.2, 0.25) is 0 Å². The highest BCUT2D eigenvalue weighted by atomic mass is 14.9. The highest BCUT2D eigenvalue weighted by molar-refractivity contribution is 5.24. The molecule has 0 saturated heterocycles. The molecular weight excluding hydrogens is 194 g/mol. The predicted octanol–water partition coefficient (Wildman–Crippen LogP) is 4.31. The van der Waals surface area contributed by atoms with Crippen molar-refractivity contribution in [2.75, 3.05) is 7.05 Å². The average Bonchev–Trinajstić information content (AvgIpc) is 2.23. The van der Waals surface area contributed by atoms with Crippen LogP contribution in [0, 0.1) is 5.92 Å². The maximum Gasteiger partial charge on any atom is 0.00614 e. The second kappa shape index (κ2) is 7.67. The number of hydrogen-bond acceptors (Lipinski definition) is 1. The van der Waals surface area contributed by atoms with Crippen molar-refractivity contribution < 1.29 is 0 Å². The Morgan fingerprint density at radius 3 is 2.12 bits per heavy atom. The molecule has 1 N–H and O–H groups in total. The molecule has 94 valence electrons. The van der Waals surface area contributed by atoms with Crippen molar-refractivity contribution in [3.63, 3.8) is 0 Å². The number of rotatable bonds is 6. The van der Waals surface area contributed by atoms with E-state index in [0.717, 1.165) is 5.92 Å². The van der Waals surface area contributed by atoms with Crippen LogP contribution in [0.4, 0.5) is 0 Å². The summed E-state index contributed by atoms with van der Waals surface area (Å²) in [5, 5.41) is 3.32. The van der Waals surface area contributed by atoms with Crippen LogP contribution in [0.25, 0.3) is 0 Å². The molecule has 0 aliphatic carbocycles. The third-order valence-electron chi connectivity index (χ3n) is 3.46. The fourth-order valence-corrected chi connectivity index (χ4v) is 1.73. The van der Waals surface area contributed by atoms with E-state index in [0.29, 0.717) is 6.04 Å². The van der Waals surface area contributed by atoms with Gasteiger partial charge in [-0.2, -0.15) is 0 Å². The lowest BCUT2D eigenvalue weighted by Crippen LogP contribution is -2.28. The number of nitrogens with one attached hydrogen (secondary N) is 1. The zero-order valence-electron chi connectivity index (χ0n) is 12.1. The summed E-state index contributed by atoms with van der Waals surface area (Å²) in [4.78, 5) is 0. The Kier molecular flexibility index (Phi) is 7.40. The van der Waals surface area contributed by atoms with E-state index < -0.39 is 0 Å². The van der Waals surface area contributed by atoms with E-state index in [9.17, 15) is 0 Å². The van der Waals surface area contributed by atoms with E-state index in [1.54, 1.807) is 0 Å². The molecule has 0 aromatic rings. The van der Waals surface area contributed by atoms with Crippen molar-refractivity contribution in [3.8, 4) is 0 Å². The summed E-state index contributed by atoms with van der Waals surface area (Å²) >= 11 is 0. The van der Waals surface area contributed by atoms with E-state index in [1.165, 1.54) is 29.6 Å². The van der Waals surface area contributed by atoms with E-state index in [-0.39, 0.29) is 0 Å². The maximum atomic E-state index is 3.32. The first kappa shape index (κ1) is 15.4. The van der Waals surface area contributed by atoms with Gasteiger partial charge in [-0.1, -0.05) is 29.7 Å². The molecule has 0 saturated carbocycles. The van der Waals surface area contributed by atoms with Crippen LogP contribution in [0.3, 0.4) is 0 Å². The molecule has 0 fully saturated rings. The summed E-state index contributed by atoms with van der Waals surface area (Å²) in [5.74, 6) is 0.736. The second-order valence-corrected chi connectivity index (χ2v) is 5.28. The molecule has 0 rings (SSSR count). The van der Waals surface area contributed by atoms with Gasteiger partial charge in [-0.15, -0.1) is 0 Å². The standard InChI is InChI=1S/C15H29N/c1-11(2)10-14(5)12(3)8-9-13(4)15(6)16-7/h10,13,15-16H,8-9H2,1-7H3/b14-12+. The number of allylic oxidation sites excluding steroid dienone is 4. The Labute approximate surface area is 102 Å². The molecule has 16 heavy (non-hydrogen) atoms. The number of hydrogen-bond donors (Lipinski definition) is 1. The highest BCUT2D eigenvalue weighted by Crippen LogP contribution is 2.18. The summed E-state index contributed by atoms with van der Waals surface area (Å²) in [7, 11) is 2.04. The molecule has 0 radical (unpaired) electrons. The lowest BCUT2D eigenvalue weighted by atomic mass is 9.94. The van der Waals surface area contributed by atoms with Gasteiger partial charge in [-0.05, 0) is 60.4 Å². The Bertz CT molecular complexity index is 257. The first-order valence-electron chi connectivity index (χ1n) is 6.37. The van der Waals surface area contributed by atoms with Crippen molar-refractivity contribution in [2.24, 2.45) is 5.92 Å². The van der Waals surface area contributed by atoms with Crippen LogP contribution in [0.1, 0.15) is 54.4 Å². The average molecular weight is 223 g/mol. The normalized spacial score (nSPS) is 16.4. The zero-order chi connectivity index (χ0) is 12.7. The monoisotopic (exact) mass is 223 g/mol. The third-order valence-corrected chi connectivity index (χ3v) is 3.46. The van der Waals surface area contributed by atoms with Crippen molar-refractivity contribution in [1.82, 2.24) is 5.32 Å². The topological polar surface area (TPSA) is 12.0 Å². The van der Waals surface area contributed by atoms with E-state index in [2.05, 4.69) is 52.9 Å². The molecule has 1 nitrogen and oxygen atoms in total. The van der Waals surface area contributed by atoms with Gasteiger partial charge in [0.2, 0.25) is 0 Å². The lowest BCUT2D eigenvalue weighted by molar-refractivity contribution is 0.400. The van der Waals surface area contributed by atoms with Gasteiger partial charge >= 0.3 is 0 Å². The van der Waals surface area contributed by atoms with Crippen molar-refractivity contribution >= 4 is 0 Å². The molecule has 0 heterocycles. The van der Waals surface area contributed by atoms with Crippen molar-refractivity contribution in [1.29, 1.82) is 0 Å². The van der Waals surface area contributed by atoms with Gasteiger partial charge in [0.25, 0.3) is 0 Å². The smallest absolute Gasteiger partial charge is 0.00614 e. The minimum Gasteiger partial charge on any atom is -0.317 e. The Morgan fingerprint density at radius 1 is 1.12 bits per heavy atom. The predicted molar refractivity (Wildman–Crippen MR) is 74.7 cm³/mol. The van der Waals surface area contributed by atoms with Gasteiger partial charge in [0.15, 0.2) is 0 Å². The quantitative estimate of drug-likeness (QED) is 0.662. The van der Waals surface area contributed by atoms with E-state index in [1.807, 2.05) is 7.05 Å². The molecule has 0 aliphatic rings. The van der Waals surface area contributed by atoms with E-state index in [4.69, 9.17) is 0 Å². The molecule has 0 aromatic heterocycles. The Morgan fingerprint density at radius 2 is 1.69 bits per heavy atom. The summed E-state index contributed by atoms with van der Waals surface area (Å²) in [5.41, 5.74) is 4.34. The molecule has 0 bridgehead atoms. The molecule has 0 aliphatic heterocycles. The minimum absolute atomic E-state index is 0.608. The first-order chi connectivity index (χ1) is 7.38. The van der Waals surface area contributed by atoms with Gasteiger partial charge in [0.1, 0.15) is 0 Å². The van der Waals surface area contributed by atoms with Crippen molar-refractivity contribution in [2.45, 2.75) is 60.4 Å². The largest absolute Gasteiger partial charge is 0.317 e. The van der Waals surface area contributed by atoms with Crippen LogP contribution in [-0.2, 0) is 0 Å². The molecule has 0 spiro atoms. The maximum absolute atomic E-state index is 3.32. The summed E-state index contributed by atoms with van der Waals surface area (Å²) in [6.07, 6.45) is 4.76. The summed E-state index contributed by atoms with van der Waals surface area (Å²) < 4.78 is 0. The molecular formula is C15H29N. The van der Waals surface area contributed by atoms with Gasteiger partial charge in [0.05, 0.1) is 0 Å². The van der Waals surface area contributed by atoms with Crippen LogP contribution in [-0.4, -0.2) is 13.1 Å². The van der Waals surface area contributed by atoms with Crippen LogP contribution < -0.4 is 5.32 Å². The Balaban J connectivity index is 4.25. The lowest BCUT2D eigenvalue weighted by Gasteiger charge is -2.19. The van der Waals surface area contributed by atoms with Gasteiger partial charge in [-0.3, -0.25) is 0 Å². The van der Waals surface area contributed by atoms with Crippen LogP contribution in [0.15, 0.2) is 22.8 Å². The summed E-state index contributed by atoms with van der Waals surface area (Å²) in [6, 6.07) is 0.608. The van der Waals surface area contributed by atoms with E-state index >= 15 is 0 Å². The summed E-state index contributed by atoms with van der Waals surface area (Å²) in [6.45, 7) is 13.4. The first-order valence-corrected chi connectivity index (χ1v) is 6.37. The fraction of sp³-hybridized carbons (Fsp3) is 0.733. The van der Waals surface area contributed by atoms with Crippen LogP contribution in [0.5, 0.6) is 0 Å². The molecule has 2 atom stereocenters. The minimum atomic E-state index is 0.608. The van der Waals surface area contributed by atoms with Crippen LogP contribution >= 0.6 is 0 Å². The second-order valence-electron chi connectivity index (χ2n) is 5.28. The van der Waals surface area contributed by atoms with Gasteiger partial charge in [-0.25, -0.2) is 0 Å². The van der Waals surface area contributed by atoms with Gasteiger partial charge < -0.3 is 5.32 Å². The molecule has 2 unspecified atom stereocenters. The molecule has 0 amide bonds. The SMILES string of the molecule is CNC(C)C(C)CC/C(C)=C(\C)C=C(C)C. The molecule has 1 heteroatoms. The molecule has 0 aromatic carbocycles. The van der Waals surface area contributed by atoms with Gasteiger partial charge in [0, 0.05) is 6.04 Å². The Hall–Kier alpha value is -0.560.